The summed E-state index contributed by atoms with van der Waals surface area (Å²) < 4.78 is 33.2. The predicted molar refractivity (Wildman–Crippen MR) is 109 cm³/mol. The summed E-state index contributed by atoms with van der Waals surface area (Å²) in [5.74, 6) is -0.340. The van der Waals surface area contributed by atoms with Gasteiger partial charge in [-0.1, -0.05) is 11.6 Å². The number of nitrogens with zero attached hydrogens (tertiary/aromatic N) is 2. The minimum Gasteiger partial charge on any atom is -0.379 e. The SMILES string of the molecule is O=C(Nc1ccc(Cl)c(S(=O)(=O)N2CCOCC2)c1)c1ccc2ncsc2c1. The van der Waals surface area contributed by atoms with Gasteiger partial charge in [0.15, 0.2) is 0 Å². The van der Waals surface area contributed by atoms with Crippen molar-refractivity contribution in [1.29, 1.82) is 0 Å². The molecule has 4 rings (SSSR count). The van der Waals surface area contributed by atoms with Crippen molar-refractivity contribution in [2.75, 3.05) is 31.6 Å². The molecule has 1 saturated heterocycles. The Hall–Kier alpha value is -2.04. The van der Waals surface area contributed by atoms with Crippen LogP contribution in [0, 0.1) is 0 Å². The molecule has 1 aromatic heterocycles. The molecule has 2 aromatic carbocycles. The maximum Gasteiger partial charge on any atom is 0.255 e. The lowest BCUT2D eigenvalue weighted by atomic mass is 10.2. The summed E-state index contributed by atoms with van der Waals surface area (Å²) in [7, 11) is -3.77. The number of ether oxygens (including phenoxy) is 1. The number of carbonyl (C=O) groups excluding carboxylic acids is 1. The van der Waals surface area contributed by atoms with Gasteiger partial charge in [-0.25, -0.2) is 13.4 Å². The molecule has 3 aromatic rings. The highest BCUT2D eigenvalue weighted by atomic mass is 35.5. The second-order valence-electron chi connectivity index (χ2n) is 6.15. The van der Waals surface area contributed by atoms with Gasteiger partial charge in [0.2, 0.25) is 10.0 Å². The molecule has 146 valence electrons. The Bertz CT molecular complexity index is 1140. The number of rotatable bonds is 4. The number of morpholine rings is 1. The molecular formula is C18H16ClN3O4S2. The van der Waals surface area contributed by atoms with Crippen LogP contribution >= 0.6 is 22.9 Å². The number of hydrogen-bond donors (Lipinski definition) is 1. The fraction of sp³-hybridized carbons (Fsp3) is 0.222. The zero-order chi connectivity index (χ0) is 19.7. The largest absolute Gasteiger partial charge is 0.379 e. The standard InChI is InChI=1S/C18H16ClN3O4S2/c19-14-3-2-13(10-17(14)28(24,25)22-5-7-26-8-6-22)21-18(23)12-1-4-15-16(9-12)27-11-20-15/h1-4,9-11H,5-8H2,(H,21,23). The van der Waals surface area contributed by atoms with E-state index in [1.54, 1.807) is 29.8 Å². The van der Waals surface area contributed by atoms with E-state index in [-0.39, 0.29) is 28.9 Å². The summed E-state index contributed by atoms with van der Waals surface area (Å²) in [5, 5.41) is 2.84. The van der Waals surface area contributed by atoms with Crippen molar-refractivity contribution < 1.29 is 17.9 Å². The maximum absolute atomic E-state index is 12.9. The molecule has 0 radical (unpaired) electrons. The van der Waals surface area contributed by atoms with Gasteiger partial charge in [-0.05, 0) is 36.4 Å². The van der Waals surface area contributed by atoms with Gasteiger partial charge in [0.05, 0.1) is 34.0 Å². The number of sulfonamides is 1. The molecule has 10 heteroatoms. The van der Waals surface area contributed by atoms with Crippen LogP contribution in [-0.2, 0) is 14.8 Å². The van der Waals surface area contributed by atoms with E-state index in [1.807, 2.05) is 0 Å². The highest BCUT2D eigenvalue weighted by molar-refractivity contribution is 7.89. The summed E-state index contributed by atoms with van der Waals surface area (Å²) >= 11 is 7.60. The quantitative estimate of drug-likeness (QED) is 0.677. The first-order valence-electron chi connectivity index (χ1n) is 8.47. The number of amides is 1. The number of thiazole rings is 1. The Morgan fingerprint density at radius 1 is 1.18 bits per heavy atom. The maximum atomic E-state index is 12.9. The summed E-state index contributed by atoms with van der Waals surface area (Å²) in [6.07, 6.45) is 0. The van der Waals surface area contributed by atoms with Crippen molar-refractivity contribution in [1.82, 2.24) is 9.29 Å². The Kier molecular flexibility index (Phi) is 5.35. The first kappa shape index (κ1) is 19.3. The van der Waals surface area contributed by atoms with Gasteiger partial charge in [-0.2, -0.15) is 4.31 Å². The van der Waals surface area contributed by atoms with Crippen molar-refractivity contribution >= 4 is 54.8 Å². The molecule has 1 fully saturated rings. The number of anilines is 1. The van der Waals surface area contributed by atoms with E-state index in [4.69, 9.17) is 16.3 Å². The fourth-order valence-corrected chi connectivity index (χ4v) is 5.53. The van der Waals surface area contributed by atoms with Gasteiger partial charge in [0.25, 0.3) is 5.91 Å². The average Bonchev–Trinajstić information content (AvgIpc) is 3.18. The average molecular weight is 438 g/mol. The van der Waals surface area contributed by atoms with Crippen molar-refractivity contribution in [3.63, 3.8) is 0 Å². The third-order valence-electron chi connectivity index (χ3n) is 4.37. The van der Waals surface area contributed by atoms with Crippen molar-refractivity contribution in [2.45, 2.75) is 4.90 Å². The van der Waals surface area contributed by atoms with E-state index in [0.717, 1.165) is 10.2 Å². The molecule has 1 N–H and O–H groups in total. The van der Waals surface area contributed by atoms with E-state index in [1.165, 1.54) is 27.8 Å². The second-order valence-corrected chi connectivity index (χ2v) is 9.35. The molecule has 0 bridgehead atoms. The third kappa shape index (κ3) is 3.76. The van der Waals surface area contributed by atoms with Gasteiger partial charge in [-0.3, -0.25) is 4.79 Å². The molecule has 1 amide bonds. The minimum absolute atomic E-state index is 0.0354. The van der Waals surface area contributed by atoms with Crippen LogP contribution in [0.25, 0.3) is 10.2 Å². The summed E-state index contributed by atoms with van der Waals surface area (Å²) in [4.78, 5) is 16.7. The number of hydrogen-bond acceptors (Lipinski definition) is 6. The van der Waals surface area contributed by atoms with Gasteiger partial charge < -0.3 is 10.1 Å². The molecule has 0 spiro atoms. The predicted octanol–water partition coefficient (Wildman–Crippen LogP) is 3.22. The number of halogens is 1. The first-order chi connectivity index (χ1) is 13.4. The van der Waals surface area contributed by atoms with Gasteiger partial charge in [0.1, 0.15) is 4.90 Å². The molecule has 1 aliphatic rings. The van der Waals surface area contributed by atoms with Gasteiger partial charge >= 0.3 is 0 Å². The summed E-state index contributed by atoms with van der Waals surface area (Å²) in [6, 6.07) is 9.64. The van der Waals surface area contributed by atoms with Crippen LogP contribution in [0.3, 0.4) is 0 Å². The van der Waals surface area contributed by atoms with Crippen molar-refractivity contribution in [3.05, 3.63) is 52.5 Å². The molecule has 0 atom stereocenters. The number of aromatic nitrogens is 1. The molecule has 0 saturated carbocycles. The molecule has 28 heavy (non-hydrogen) atoms. The van der Waals surface area contributed by atoms with E-state index >= 15 is 0 Å². The van der Waals surface area contributed by atoms with E-state index < -0.39 is 10.0 Å². The normalized spacial score (nSPS) is 15.6. The summed E-state index contributed by atoms with van der Waals surface area (Å²) in [6.45, 7) is 1.22. The minimum atomic E-state index is -3.77. The molecule has 7 nitrogen and oxygen atoms in total. The first-order valence-corrected chi connectivity index (χ1v) is 11.2. The van der Waals surface area contributed by atoms with Gasteiger partial charge in [-0.15, -0.1) is 11.3 Å². The Labute approximate surface area is 170 Å². The van der Waals surface area contributed by atoms with Crippen LogP contribution in [0.2, 0.25) is 5.02 Å². The Morgan fingerprint density at radius 2 is 1.96 bits per heavy atom. The highest BCUT2D eigenvalue weighted by Gasteiger charge is 2.28. The van der Waals surface area contributed by atoms with Crippen LogP contribution < -0.4 is 5.32 Å². The molecule has 0 unspecified atom stereocenters. The molecule has 0 aliphatic carbocycles. The lowest BCUT2D eigenvalue weighted by molar-refractivity contribution is 0.0730. The van der Waals surface area contributed by atoms with E-state index in [0.29, 0.717) is 24.5 Å². The smallest absolute Gasteiger partial charge is 0.255 e. The molecule has 2 heterocycles. The Morgan fingerprint density at radius 3 is 2.75 bits per heavy atom. The lowest BCUT2D eigenvalue weighted by Gasteiger charge is -2.26. The number of carbonyl (C=O) groups is 1. The lowest BCUT2D eigenvalue weighted by Crippen LogP contribution is -2.40. The van der Waals surface area contributed by atoms with Crippen molar-refractivity contribution in [3.8, 4) is 0 Å². The molecule has 1 aliphatic heterocycles. The van der Waals surface area contributed by atoms with Crippen LogP contribution in [0.1, 0.15) is 10.4 Å². The monoisotopic (exact) mass is 437 g/mol. The zero-order valence-electron chi connectivity index (χ0n) is 14.6. The van der Waals surface area contributed by atoms with Crippen LogP contribution in [0.15, 0.2) is 46.8 Å². The fourth-order valence-electron chi connectivity index (χ4n) is 2.90. The van der Waals surface area contributed by atoms with Crippen LogP contribution in [0.5, 0.6) is 0 Å². The summed E-state index contributed by atoms with van der Waals surface area (Å²) in [5.41, 5.74) is 3.36. The van der Waals surface area contributed by atoms with E-state index in [2.05, 4.69) is 10.3 Å². The number of benzene rings is 2. The highest BCUT2D eigenvalue weighted by Crippen LogP contribution is 2.29. The van der Waals surface area contributed by atoms with Gasteiger partial charge in [0, 0.05) is 24.3 Å². The van der Waals surface area contributed by atoms with Crippen molar-refractivity contribution in [2.24, 2.45) is 0 Å². The number of fused-ring (bicyclic) bond motifs is 1. The molecular weight excluding hydrogens is 422 g/mol. The van der Waals surface area contributed by atoms with Crippen LogP contribution in [0.4, 0.5) is 5.69 Å². The number of nitrogens with one attached hydrogen (secondary N) is 1. The zero-order valence-corrected chi connectivity index (χ0v) is 17.0. The second kappa shape index (κ2) is 7.76. The van der Waals surface area contributed by atoms with E-state index in [9.17, 15) is 13.2 Å². The third-order valence-corrected chi connectivity index (χ3v) is 7.54. The van der Waals surface area contributed by atoms with Crippen LogP contribution in [-0.4, -0.2) is 49.9 Å². The Balaban J connectivity index is 1.60. The topological polar surface area (TPSA) is 88.6 Å².